The number of nitrogens with zero attached hydrogens (tertiary/aromatic N) is 1. The predicted octanol–water partition coefficient (Wildman–Crippen LogP) is 1.07. The fraction of sp³-hybridized carbons (Fsp3) is 0.385. The number of hydrogen-bond acceptors (Lipinski definition) is 5. The molecule has 102 valence electrons. The van der Waals surface area contributed by atoms with E-state index in [0.717, 1.165) is 0 Å². The van der Waals surface area contributed by atoms with E-state index in [1.807, 2.05) is 13.0 Å². The van der Waals surface area contributed by atoms with E-state index in [1.165, 1.54) is 11.8 Å². The summed E-state index contributed by atoms with van der Waals surface area (Å²) in [5.41, 5.74) is 0.507. The van der Waals surface area contributed by atoms with Crippen LogP contribution < -0.4 is 5.56 Å². The van der Waals surface area contributed by atoms with Gasteiger partial charge in [-0.1, -0.05) is 12.1 Å². The lowest BCUT2D eigenvalue weighted by atomic mass is 10.2. The van der Waals surface area contributed by atoms with E-state index in [-0.39, 0.29) is 17.4 Å². The zero-order valence-corrected chi connectivity index (χ0v) is 11.4. The van der Waals surface area contributed by atoms with Gasteiger partial charge >= 0.3 is 0 Å². The summed E-state index contributed by atoms with van der Waals surface area (Å²) >= 11 is 1.44. The van der Waals surface area contributed by atoms with E-state index in [2.05, 4.69) is 9.97 Å². The number of hydrogen-bond donors (Lipinski definition) is 3. The third-order valence-electron chi connectivity index (χ3n) is 2.77. The normalized spacial score (nSPS) is 14.5. The van der Waals surface area contributed by atoms with Crippen LogP contribution in [0.15, 0.2) is 29.1 Å². The van der Waals surface area contributed by atoms with Crippen molar-refractivity contribution in [1.29, 1.82) is 0 Å². The summed E-state index contributed by atoms with van der Waals surface area (Å²) in [7, 11) is 0. The van der Waals surface area contributed by atoms with Crippen LogP contribution in [0.5, 0.6) is 0 Å². The predicted molar refractivity (Wildman–Crippen MR) is 76.3 cm³/mol. The van der Waals surface area contributed by atoms with Crippen molar-refractivity contribution < 1.29 is 10.2 Å². The second-order valence-electron chi connectivity index (χ2n) is 4.28. The van der Waals surface area contributed by atoms with Gasteiger partial charge in [0.05, 0.1) is 28.9 Å². The highest BCUT2D eigenvalue weighted by Crippen LogP contribution is 2.26. The minimum atomic E-state index is -0.750. The molecule has 19 heavy (non-hydrogen) atoms. The minimum absolute atomic E-state index is 0.0569. The van der Waals surface area contributed by atoms with Crippen molar-refractivity contribution in [2.45, 2.75) is 18.3 Å². The van der Waals surface area contributed by atoms with Crippen LogP contribution in [-0.4, -0.2) is 38.6 Å². The van der Waals surface area contributed by atoms with Crippen molar-refractivity contribution in [2.75, 3.05) is 12.4 Å². The number of H-pyrrole nitrogens is 1. The van der Waals surface area contributed by atoms with Gasteiger partial charge < -0.3 is 15.2 Å². The van der Waals surface area contributed by atoms with Crippen LogP contribution in [0.1, 0.15) is 18.0 Å². The molecule has 0 saturated carbocycles. The lowest BCUT2D eigenvalue weighted by molar-refractivity contribution is 0.113. The zero-order chi connectivity index (χ0) is 13.8. The van der Waals surface area contributed by atoms with Gasteiger partial charge in [-0.3, -0.25) is 4.79 Å². The van der Waals surface area contributed by atoms with E-state index >= 15 is 0 Å². The van der Waals surface area contributed by atoms with Crippen LogP contribution in [0.4, 0.5) is 0 Å². The van der Waals surface area contributed by atoms with Gasteiger partial charge in [-0.25, -0.2) is 4.98 Å². The summed E-state index contributed by atoms with van der Waals surface area (Å²) in [5.74, 6) is 0.979. The van der Waals surface area contributed by atoms with Crippen LogP contribution in [0.2, 0.25) is 0 Å². The molecule has 0 spiro atoms. The van der Waals surface area contributed by atoms with E-state index < -0.39 is 6.10 Å². The Hall–Kier alpha value is -1.37. The average molecular weight is 280 g/mol. The number of aromatic nitrogens is 2. The summed E-state index contributed by atoms with van der Waals surface area (Å²) in [5, 5.41) is 18.6. The van der Waals surface area contributed by atoms with E-state index in [0.29, 0.717) is 22.5 Å². The van der Waals surface area contributed by atoms with E-state index in [9.17, 15) is 9.90 Å². The average Bonchev–Trinajstić information content (AvgIpc) is 2.44. The molecule has 2 rings (SSSR count). The summed E-state index contributed by atoms with van der Waals surface area (Å²) in [4.78, 5) is 19.1. The van der Waals surface area contributed by atoms with Gasteiger partial charge in [0.15, 0.2) is 0 Å². The first-order chi connectivity index (χ1) is 9.11. The smallest absolute Gasteiger partial charge is 0.258 e. The van der Waals surface area contributed by atoms with Crippen molar-refractivity contribution >= 4 is 22.7 Å². The molecule has 0 amide bonds. The molecule has 0 saturated heterocycles. The minimum Gasteiger partial charge on any atom is -0.394 e. The molecule has 3 N–H and O–H groups in total. The van der Waals surface area contributed by atoms with Gasteiger partial charge in [-0.05, 0) is 19.1 Å². The summed E-state index contributed by atoms with van der Waals surface area (Å²) in [6.07, 6.45) is -0.750. The highest BCUT2D eigenvalue weighted by atomic mass is 32.2. The van der Waals surface area contributed by atoms with Crippen molar-refractivity contribution in [3.63, 3.8) is 0 Å². The van der Waals surface area contributed by atoms with Crippen molar-refractivity contribution in [1.82, 2.24) is 9.97 Å². The Morgan fingerprint density at radius 3 is 2.89 bits per heavy atom. The van der Waals surface area contributed by atoms with E-state index in [1.54, 1.807) is 18.2 Å². The third-order valence-corrected chi connectivity index (χ3v) is 4.07. The molecule has 1 heterocycles. The largest absolute Gasteiger partial charge is 0.394 e. The topological polar surface area (TPSA) is 86.2 Å². The maximum Gasteiger partial charge on any atom is 0.258 e. The molecular formula is C13H16N2O3S. The van der Waals surface area contributed by atoms with E-state index in [4.69, 9.17) is 5.11 Å². The Labute approximate surface area is 114 Å². The molecule has 5 nitrogen and oxygen atoms in total. The standard InChI is InChI=1S/C13H16N2O3S/c1-8(19-7-9(17)6-16)12-14-11-5-3-2-4-10(11)13(18)15-12/h2-5,8-9,16-17H,6-7H2,1H3,(H,14,15,18)/t8-,9+/m0/s1. The number of rotatable bonds is 5. The molecule has 0 fully saturated rings. The molecule has 2 aromatic rings. The van der Waals surface area contributed by atoms with Crippen molar-refractivity contribution in [2.24, 2.45) is 0 Å². The number of para-hydroxylation sites is 1. The number of fused-ring (bicyclic) bond motifs is 1. The highest BCUT2D eigenvalue weighted by molar-refractivity contribution is 7.99. The lowest BCUT2D eigenvalue weighted by Crippen LogP contribution is -2.17. The summed E-state index contributed by atoms with van der Waals surface area (Å²) in [6, 6.07) is 7.17. The second kappa shape index (κ2) is 6.18. The molecule has 1 aromatic carbocycles. The lowest BCUT2D eigenvalue weighted by Gasteiger charge is -2.13. The molecular weight excluding hydrogens is 264 g/mol. The number of thioether (sulfide) groups is 1. The van der Waals surface area contributed by atoms with Crippen LogP contribution in [0.25, 0.3) is 10.9 Å². The fourth-order valence-corrected chi connectivity index (χ4v) is 2.57. The van der Waals surface area contributed by atoms with Gasteiger partial charge in [-0.2, -0.15) is 0 Å². The first kappa shape index (κ1) is 14.0. The van der Waals surface area contributed by atoms with Crippen molar-refractivity contribution in [3.05, 3.63) is 40.4 Å². The van der Waals surface area contributed by atoms with Crippen LogP contribution >= 0.6 is 11.8 Å². The molecule has 6 heteroatoms. The Morgan fingerprint density at radius 1 is 1.42 bits per heavy atom. The summed E-state index contributed by atoms with van der Waals surface area (Å²) < 4.78 is 0. The third kappa shape index (κ3) is 3.34. The molecule has 0 aliphatic rings. The Bertz CT molecular complexity index is 614. The van der Waals surface area contributed by atoms with Crippen LogP contribution in [0, 0.1) is 0 Å². The van der Waals surface area contributed by atoms with Gasteiger partial charge in [0.25, 0.3) is 5.56 Å². The second-order valence-corrected chi connectivity index (χ2v) is 5.65. The quantitative estimate of drug-likeness (QED) is 0.762. The molecule has 0 aliphatic carbocycles. The summed E-state index contributed by atoms with van der Waals surface area (Å²) in [6.45, 7) is 1.64. The molecule has 0 aliphatic heterocycles. The maximum atomic E-state index is 11.9. The van der Waals surface area contributed by atoms with Crippen LogP contribution in [-0.2, 0) is 0 Å². The highest BCUT2D eigenvalue weighted by Gasteiger charge is 2.13. The number of aromatic amines is 1. The molecule has 0 bridgehead atoms. The molecule has 2 atom stereocenters. The number of aliphatic hydroxyl groups excluding tert-OH is 2. The SMILES string of the molecule is C[C@H](SC[C@H](O)CO)c1nc2ccccc2c(=O)[nH]1. The van der Waals surface area contributed by atoms with Gasteiger partial charge in [0.2, 0.25) is 0 Å². The Morgan fingerprint density at radius 2 is 2.16 bits per heavy atom. The number of benzene rings is 1. The number of nitrogens with one attached hydrogen (secondary N) is 1. The molecule has 0 radical (unpaired) electrons. The van der Waals surface area contributed by atoms with Gasteiger partial charge in [0, 0.05) is 5.75 Å². The zero-order valence-electron chi connectivity index (χ0n) is 10.5. The monoisotopic (exact) mass is 280 g/mol. The maximum absolute atomic E-state index is 11.9. The van der Waals surface area contributed by atoms with Crippen molar-refractivity contribution in [3.8, 4) is 0 Å². The first-order valence-corrected chi connectivity index (χ1v) is 7.06. The van der Waals surface area contributed by atoms with Gasteiger partial charge in [-0.15, -0.1) is 11.8 Å². The first-order valence-electron chi connectivity index (χ1n) is 6.01. The Kier molecular flexibility index (Phi) is 4.57. The molecule has 0 unspecified atom stereocenters. The molecule has 1 aromatic heterocycles. The van der Waals surface area contributed by atoms with Crippen LogP contribution in [0.3, 0.4) is 0 Å². The fourth-order valence-electron chi connectivity index (χ4n) is 1.68. The van der Waals surface area contributed by atoms with Gasteiger partial charge in [0.1, 0.15) is 5.82 Å². The Balaban J connectivity index is 2.23. The number of aliphatic hydroxyl groups is 2.